The van der Waals surface area contributed by atoms with Gasteiger partial charge in [0, 0.05) is 35.7 Å². The molecular weight excluding hydrogens is 372 g/mol. The molecule has 144 valence electrons. The molecule has 3 rings (SSSR count). The van der Waals surface area contributed by atoms with E-state index >= 15 is 0 Å². The van der Waals surface area contributed by atoms with E-state index in [0.29, 0.717) is 5.56 Å². The molecule has 2 fully saturated rings. The number of thioether (sulfide) groups is 1. The van der Waals surface area contributed by atoms with Crippen molar-refractivity contribution < 1.29 is 0 Å². The molecule has 0 aliphatic carbocycles. The van der Waals surface area contributed by atoms with Crippen LogP contribution in [0.2, 0.25) is 0 Å². The van der Waals surface area contributed by atoms with Crippen LogP contribution >= 0.6 is 24.0 Å². The average molecular weight is 401 g/mol. The molecule has 2 aliphatic rings. The lowest BCUT2D eigenvalue weighted by Gasteiger charge is -2.38. The molecule has 0 unspecified atom stereocenters. The highest BCUT2D eigenvalue weighted by atomic mass is 32.2. The maximum atomic E-state index is 9.12. The first-order valence-corrected chi connectivity index (χ1v) is 11.0. The Morgan fingerprint density at radius 3 is 2.30 bits per heavy atom. The van der Waals surface area contributed by atoms with Gasteiger partial charge in [-0.15, -0.1) is 0 Å². The molecule has 0 N–H and O–H groups in total. The number of hydrogen-bond acceptors (Lipinski definition) is 5. The number of thiocarbonyl (C=S) groups is 1. The molecule has 2 saturated heterocycles. The summed E-state index contributed by atoms with van der Waals surface area (Å²) >= 11 is 8.00. The number of benzene rings is 1. The van der Waals surface area contributed by atoms with Crippen molar-refractivity contribution in [2.45, 2.75) is 46.2 Å². The lowest BCUT2D eigenvalue weighted by Crippen LogP contribution is -2.51. The number of nitrogens with zero attached hydrogens (tertiary/aromatic N) is 4. The Morgan fingerprint density at radius 1 is 1.19 bits per heavy atom. The first-order valence-electron chi connectivity index (χ1n) is 9.41. The zero-order chi connectivity index (χ0) is 19.8. The second kappa shape index (κ2) is 7.54. The van der Waals surface area contributed by atoms with Gasteiger partial charge in [0.2, 0.25) is 0 Å². The largest absolute Gasteiger partial charge is 0.291 e. The highest BCUT2D eigenvalue weighted by Gasteiger charge is 2.52. The van der Waals surface area contributed by atoms with Gasteiger partial charge in [0.25, 0.3) is 0 Å². The van der Waals surface area contributed by atoms with Crippen LogP contribution in [0.1, 0.15) is 40.2 Å². The molecular formula is C21H28N4S2. The van der Waals surface area contributed by atoms with Crippen molar-refractivity contribution in [3.63, 3.8) is 0 Å². The summed E-state index contributed by atoms with van der Waals surface area (Å²) in [6.45, 7) is 13.0. The van der Waals surface area contributed by atoms with E-state index in [2.05, 4.69) is 50.5 Å². The van der Waals surface area contributed by atoms with Crippen molar-refractivity contribution >= 4 is 40.5 Å². The molecule has 4 nitrogen and oxygen atoms in total. The standard InChI is InChI=1S/C21H28N4S2/c1-20(2,3)23-18-17(24-10-12-27-13-11-24)21(4,5)19(26)25(18)16-8-6-15(14-22)7-9-16/h6-9,17H,10-13H2,1-5H3/t17-/m1/s1. The van der Waals surface area contributed by atoms with E-state index in [9.17, 15) is 0 Å². The first-order chi connectivity index (χ1) is 12.6. The van der Waals surface area contributed by atoms with Crippen LogP contribution in [0.25, 0.3) is 0 Å². The average Bonchev–Trinajstić information content (AvgIpc) is 2.80. The zero-order valence-electron chi connectivity index (χ0n) is 16.8. The van der Waals surface area contributed by atoms with Crippen molar-refractivity contribution in [2.24, 2.45) is 10.4 Å². The second-order valence-electron chi connectivity index (χ2n) is 8.71. The fraction of sp³-hybridized carbons (Fsp3) is 0.571. The molecule has 1 aromatic rings. The van der Waals surface area contributed by atoms with E-state index in [1.54, 1.807) is 0 Å². The Hall–Kier alpha value is -1.42. The zero-order valence-corrected chi connectivity index (χ0v) is 18.5. The van der Waals surface area contributed by atoms with Gasteiger partial charge in [-0.25, -0.2) is 0 Å². The summed E-state index contributed by atoms with van der Waals surface area (Å²) < 4.78 is 0. The number of anilines is 1. The van der Waals surface area contributed by atoms with Crippen LogP contribution < -0.4 is 4.90 Å². The van der Waals surface area contributed by atoms with Gasteiger partial charge in [0.15, 0.2) is 0 Å². The molecule has 1 atom stereocenters. The van der Waals surface area contributed by atoms with Crippen molar-refractivity contribution in [3.8, 4) is 6.07 Å². The van der Waals surface area contributed by atoms with Gasteiger partial charge < -0.3 is 0 Å². The monoisotopic (exact) mass is 400 g/mol. The molecule has 1 aromatic carbocycles. The fourth-order valence-corrected chi connectivity index (χ4v) is 5.04. The molecule has 0 aromatic heterocycles. The SMILES string of the molecule is CC(C)(C)N=C1[C@@H](N2CCSCC2)C(C)(C)C(=S)N1c1ccc(C#N)cc1. The first kappa shape index (κ1) is 20.3. The van der Waals surface area contributed by atoms with E-state index in [0.717, 1.165) is 41.1 Å². The second-order valence-corrected chi connectivity index (χ2v) is 10.3. The lowest BCUT2D eigenvalue weighted by molar-refractivity contribution is 0.201. The van der Waals surface area contributed by atoms with E-state index in [1.165, 1.54) is 0 Å². The highest BCUT2D eigenvalue weighted by molar-refractivity contribution is 7.99. The third kappa shape index (κ3) is 4.06. The van der Waals surface area contributed by atoms with Gasteiger partial charge in [-0.05, 0) is 45.0 Å². The molecule has 2 heterocycles. The van der Waals surface area contributed by atoms with Crippen molar-refractivity contribution in [1.29, 1.82) is 5.26 Å². The van der Waals surface area contributed by atoms with Gasteiger partial charge in [-0.2, -0.15) is 17.0 Å². The predicted octanol–water partition coefficient (Wildman–Crippen LogP) is 4.35. The summed E-state index contributed by atoms with van der Waals surface area (Å²) in [6, 6.07) is 10.0. The molecule has 0 saturated carbocycles. The van der Waals surface area contributed by atoms with Crippen LogP contribution in [0.3, 0.4) is 0 Å². The van der Waals surface area contributed by atoms with Gasteiger partial charge in [0.1, 0.15) is 5.84 Å². The summed E-state index contributed by atoms with van der Waals surface area (Å²) in [5, 5.41) is 9.12. The Morgan fingerprint density at radius 2 is 1.78 bits per heavy atom. The summed E-state index contributed by atoms with van der Waals surface area (Å²) in [7, 11) is 0. The number of amidine groups is 1. The minimum atomic E-state index is -0.195. The van der Waals surface area contributed by atoms with Crippen LogP contribution in [-0.2, 0) is 0 Å². The van der Waals surface area contributed by atoms with Gasteiger partial charge >= 0.3 is 0 Å². The highest BCUT2D eigenvalue weighted by Crippen LogP contribution is 2.41. The summed E-state index contributed by atoms with van der Waals surface area (Å²) in [5.41, 5.74) is 1.26. The predicted molar refractivity (Wildman–Crippen MR) is 120 cm³/mol. The minimum Gasteiger partial charge on any atom is -0.291 e. The third-order valence-electron chi connectivity index (χ3n) is 5.03. The molecule has 0 radical (unpaired) electrons. The lowest BCUT2D eigenvalue weighted by atomic mass is 9.85. The Balaban J connectivity index is 2.11. The fourth-order valence-electron chi connectivity index (χ4n) is 3.80. The maximum absolute atomic E-state index is 9.12. The smallest absolute Gasteiger partial charge is 0.127 e. The van der Waals surface area contributed by atoms with Crippen LogP contribution in [0.15, 0.2) is 29.3 Å². The summed E-state index contributed by atoms with van der Waals surface area (Å²) in [4.78, 5) is 10.8. The van der Waals surface area contributed by atoms with Gasteiger partial charge in [-0.1, -0.05) is 26.1 Å². The Kier molecular flexibility index (Phi) is 5.67. The topological polar surface area (TPSA) is 42.6 Å². The number of rotatable bonds is 2. The van der Waals surface area contributed by atoms with Gasteiger partial charge in [0.05, 0.1) is 28.2 Å². The van der Waals surface area contributed by atoms with Crippen LogP contribution in [-0.4, -0.2) is 51.9 Å². The summed E-state index contributed by atoms with van der Waals surface area (Å²) in [5.74, 6) is 3.34. The molecule has 2 aliphatic heterocycles. The van der Waals surface area contributed by atoms with E-state index in [4.69, 9.17) is 22.5 Å². The molecule has 0 spiro atoms. The van der Waals surface area contributed by atoms with Crippen LogP contribution in [0.4, 0.5) is 5.69 Å². The van der Waals surface area contributed by atoms with E-state index < -0.39 is 0 Å². The van der Waals surface area contributed by atoms with Crippen LogP contribution in [0.5, 0.6) is 0 Å². The minimum absolute atomic E-state index is 0.167. The maximum Gasteiger partial charge on any atom is 0.127 e. The normalized spacial score (nSPS) is 25.0. The number of hydrogen-bond donors (Lipinski definition) is 0. The van der Waals surface area contributed by atoms with Crippen molar-refractivity contribution in [1.82, 2.24) is 4.90 Å². The molecule has 0 bridgehead atoms. The van der Waals surface area contributed by atoms with E-state index in [1.807, 2.05) is 36.0 Å². The van der Waals surface area contributed by atoms with E-state index in [-0.39, 0.29) is 17.0 Å². The number of nitriles is 1. The van der Waals surface area contributed by atoms with Gasteiger partial charge in [-0.3, -0.25) is 14.8 Å². The Bertz CT molecular complexity index is 778. The van der Waals surface area contributed by atoms with Crippen molar-refractivity contribution in [2.75, 3.05) is 29.5 Å². The molecule has 6 heteroatoms. The number of aliphatic imine (C=N–C) groups is 1. The van der Waals surface area contributed by atoms with Crippen LogP contribution in [0, 0.1) is 16.7 Å². The van der Waals surface area contributed by atoms with Crippen molar-refractivity contribution in [3.05, 3.63) is 29.8 Å². The Labute approximate surface area is 172 Å². The molecule has 27 heavy (non-hydrogen) atoms. The molecule has 0 amide bonds. The quantitative estimate of drug-likeness (QED) is 0.691. The summed E-state index contributed by atoms with van der Waals surface area (Å²) in [6.07, 6.45) is 0. The third-order valence-corrected chi connectivity index (χ3v) is 6.68.